The number of nitrogens with one attached hydrogen (secondary N) is 3. The van der Waals surface area contributed by atoms with Crippen LogP contribution in [0.15, 0.2) is 15.7 Å². The van der Waals surface area contributed by atoms with Crippen LogP contribution in [0.2, 0.25) is 0 Å². The largest absolute Gasteiger partial charge is 0.481 e. The normalized spacial score (nSPS) is 11.8. The van der Waals surface area contributed by atoms with Crippen LogP contribution < -0.4 is 16.6 Å². The average Bonchev–Trinajstić information content (AvgIpc) is 2.26. The third kappa shape index (κ3) is 5.51. The lowest BCUT2D eigenvalue weighted by atomic mass is 10.1. The molecular weight excluding hydrogens is 266 g/mol. The fourth-order valence-electron chi connectivity index (χ4n) is 1.85. The van der Waals surface area contributed by atoms with Gasteiger partial charge in [0.15, 0.2) is 0 Å². The van der Waals surface area contributed by atoms with Gasteiger partial charge in [0, 0.05) is 17.8 Å². The topological polar surface area (TPSA) is 132 Å². The minimum absolute atomic E-state index is 0.161. The van der Waals surface area contributed by atoms with Crippen LogP contribution in [0, 0.1) is 0 Å². The number of H-pyrrole nitrogens is 2. The van der Waals surface area contributed by atoms with Crippen molar-refractivity contribution in [1.29, 1.82) is 0 Å². The van der Waals surface area contributed by atoms with Crippen molar-refractivity contribution in [1.82, 2.24) is 15.3 Å². The highest BCUT2D eigenvalue weighted by Gasteiger charge is 2.15. The van der Waals surface area contributed by atoms with Crippen LogP contribution in [0.3, 0.4) is 0 Å². The zero-order chi connectivity index (χ0) is 15.1. The van der Waals surface area contributed by atoms with Crippen LogP contribution in [0.1, 0.15) is 31.9 Å². The Morgan fingerprint density at radius 3 is 2.60 bits per heavy atom. The van der Waals surface area contributed by atoms with E-state index in [4.69, 9.17) is 5.11 Å². The van der Waals surface area contributed by atoms with Crippen molar-refractivity contribution in [2.75, 3.05) is 0 Å². The highest BCUT2D eigenvalue weighted by molar-refractivity contribution is 5.79. The number of carboxylic acid groups (broad SMARTS) is 1. The molecule has 0 aromatic carbocycles. The maximum Gasteiger partial charge on any atom is 0.325 e. The molecule has 1 aromatic rings. The van der Waals surface area contributed by atoms with Crippen LogP contribution in [-0.2, 0) is 16.0 Å². The Bertz CT molecular complexity index is 561. The van der Waals surface area contributed by atoms with Gasteiger partial charge in [-0.25, -0.2) is 4.79 Å². The Morgan fingerprint density at radius 1 is 1.35 bits per heavy atom. The summed E-state index contributed by atoms with van der Waals surface area (Å²) in [6.07, 6.45) is 0.939. The van der Waals surface area contributed by atoms with Gasteiger partial charge in [-0.3, -0.25) is 19.4 Å². The zero-order valence-electron chi connectivity index (χ0n) is 11.1. The van der Waals surface area contributed by atoms with Gasteiger partial charge in [0.2, 0.25) is 5.91 Å². The lowest BCUT2D eigenvalue weighted by Gasteiger charge is -2.15. The average molecular weight is 283 g/mol. The van der Waals surface area contributed by atoms with E-state index in [0.717, 1.165) is 12.5 Å². The first-order valence-corrected chi connectivity index (χ1v) is 6.24. The molecule has 0 aliphatic carbocycles. The number of carbonyl (C=O) groups is 2. The number of carbonyl (C=O) groups excluding carboxylic acids is 1. The first-order chi connectivity index (χ1) is 9.40. The fraction of sp³-hybridized carbons (Fsp3) is 0.500. The molecule has 110 valence electrons. The SMILES string of the molecule is CCCC(CC(=O)O)NC(=O)Cc1cc(=O)[nH]c(=O)[nH]1. The van der Waals surface area contributed by atoms with Crippen LogP contribution in [-0.4, -0.2) is 33.0 Å². The van der Waals surface area contributed by atoms with E-state index in [1.807, 2.05) is 11.9 Å². The monoisotopic (exact) mass is 283 g/mol. The molecule has 1 unspecified atom stereocenters. The summed E-state index contributed by atoms with van der Waals surface area (Å²) in [6.45, 7) is 1.88. The molecule has 0 spiro atoms. The number of rotatable bonds is 7. The van der Waals surface area contributed by atoms with Crippen LogP contribution in [0.5, 0.6) is 0 Å². The van der Waals surface area contributed by atoms with Crippen LogP contribution in [0.4, 0.5) is 0 Å². The van der Waals surface area contributed by atoms with E-state index in [-0.39, 0.29) is 18.5 Å². The zero-order valence-corrected chi connectivity index (χ0v) is 11.1. The Morgan fingerprint density at radius 2 is 2.05 bits per heavy atom. The molecule has 1 rings (SSSR count). The first kappa shape index (κ1) is 15.7. The number of aromatic nitrogens is 2. The van der Waals surface area contributed by atoms with Crippen molar-refractivity contribution in [3.63, 3.8) is 0 Å². The summed E-state index contributed by atoms with van der Waals surface area (Å²) in [7, 11) is 0. The van der Waals surface area contributed by atoms with Gasteiger partial charge in [0.05, 0.1) is 12.8 Å². The van der Waals surface area contributed by atoms with E-state index >= 15 is 0 Å². The standard InChI is InChI=1S/C12H17N3O5/c1-2-3-7(6-11(18)19)13-9(16)4-8-5-10(17)15-12(20)14-8/h5,7H,2-4,6H2,1H3,(H,13,16)(H,18,19)(H2,14,15,17,20). The molecule has 0 saturated carbocycles. The van der Waals surface area contributed by atoms with E-state index < -0.39 is 29.2 Å². The number of aromatic amines is 2. The van der Waals surface area contributed by atoms with Gasteiger partial charge < -0.3 is 15.4 Å². The van der Waals surface area contributed by atoms with Gasteiger partial charge in [-0.1, -0.05) is 13.3 Å². The lowest BCUT2D eigenvalue weighted by Crippen LogP contribution is -2.38. The Labute approximate surface area is 114 Å². The molecule has 8 nitrogen and oxygen atoms in total. The highest BCUT2D eigenvalue weighted by atomic mass is 16.4. The van der Waals surface area contributed by atoms with Gasteiger partial charge in [-0.2, -0.15) is 0 Å². The van der Waals surface area contributed by atoms with Gasteiger partial charge in [0.1, 0.15) is 0 Å². The number of amides is 1. The third-order valence-electron chi connectivity index (χ3n) is 2.59. The Hall–Kier alpha value is -2.38. The molecule has 1 amide bonds. The van der Waals surface area contributed by atoms with Crippen molar-refractivity contribution < 1.29 is 14.7 Å². The molecule has 0 bridgehead atoms. The molecule has 0 saturated heterocycles. The minimum atomic E-state index is -0.992. The molecular formula is C12H17N3O5. The third-order valence-corrected chi connectivity index (χ3v) is 2.59. The molecule has 4 N–H and O–H groups in total. The predicted molar refractivity (Wildman–Crippen MR) is 70.5 cm³/mol. The summed E-state index contributed by atoms with van der Waals surface area (Å²) in [4.78, 5) is 48.9. The van der Waals surface area contributed by atoms with Gasteiger partial charge in [0.25, 0.3) is 5.56 Å². The van der Waals surface area contributed by atoms with Gasteiger partial charge in [-0.15, -0.1) is 0 Å². The van der Waals surface area contributed by atoms with Crippen molar-refractivity contribution in [2.24, 2.45) is 0 Å². The summed E-state index contributed by atoms with van der Waals surface area (Å²) in [5, 5.41) is 11.3. The van der Waals surface area contributed by atoms with Crippen molar-refractivity contribution >= 4 is 11.9 Å². The van der Waals surface area contributed by atoms with Crippen LogP contribution in [0.25, 0.3) is 0 Å². The second-order valence-corrected chi connectivity index (χ2v) is 4.44. The molecule has 1 atom stereocenters. The van der Waals surface area contributed by atoms with E-state index in [9.17, 15) is 19.2 Å². The Balaban J connectivity index is 2.67. The number of hydrogen-bond acceptors (Lipinski definition) is 4. The smallest absolute Gasteiger partial charge is 0.325 e. The maximum atomic E-state index is 11.8. The highest BCUT2D eigenvalue weighted by Crippen LogP contribution is 2.02. The number of aliphatic carboxylic acids is 1. The number of hydrogen-bond donors (Lipinski definition) is 4. The van der Waals surface area contributed by atoms with Crippen molar-refractivity contribution in [3.8, 4) is 0 Å². The summed E-state index contributed by atoms with van der Waals surface area (Å²) in [6, 6.07) is 0.659. The van der Waals surface area contributed by atoms with E-state index in [2.05, 4.69) is 10.3 Å². The minimum Gasteiger partial charge on any atom is -0.481 e. The van der Waals surface area contributed by atoms with Crippen molar-refractivity contribution in [2.45, 2.75) is 38.6 Å². The Kier molecular flexibility index (Phi) is 5.70. The molecule has 1 aromatic heterocycles. The molecule has 0 aliphatic heterocycles. The molecule has 1 heterocycles. The van der Waals surface area contributed by atoms with Gasteiger partial charge >= 0.3 is 11.7 Å². The molecule has 0 radical (unpaired) electrons. The molecule has 20 heavy (non-hydrogen) atoms. The summed E-state index contributed by atoms with van der Waals surface area (Å²) < 4.78 is 0. The molecule has 0 aliphatic rings. The van der Waals surface area contributed by atoms with Gasteiger partial charge in [-0.05, 0) is 6.42 Å². The second kappa shape index (κ2) is 7.27. The quantitative estimate of drug-likeness (QED) is 0.528. The maximum absolute atomic E-state index is 11.8. The summed E-state index contributed by atoms with van der Waals surface area (Å²) in [5.74, 6) is -1.43. The van der Waals surface area contributed by atoms with E-state index in [1.165, 1.54) is 0 Å². The number of carboxylic acids is 1. The first-order valence-electron chi connectivity index (χ1n) is 6.24. The van der Waals surface area contributed by atoms with Crippen LogP contribution >= 0.6 is 0 Å². The lowest BCUT2D eigenvalue weighted by molar-refractivity contribution is -0.137. The molecule has 0 fully saturated rings. The second-order valence-electron chi connectivity index (χ2n) is 4.44. The summed E-state index contributed by atoms with van der Waals surface area (Å²) in [5.41, 5.74) is -1.09. The van der Waals surface area contributed by atoms with E-state index in [0.29, 0.717) is 6.42 Å². The molecule has 8 heteroatoms. The fourth-order valence-corrected chi connectivity index (χ4v) is 1.85. The summed E-state index contributed by atoms with van der Waals surface area (Å²) >= 11 is 0. The van der Waals surface area contributed by atoms with E-state index in [1.54, 1.807) is 0 Å². The van der Waals surface area contributed by atoms with Crippen molar-refractivity contribution in [3.05, 3.63) is 32.6 Å². The predicted octanol–water partition coefficient (Wildman–Crippen LogP) is -0.635.